The zero-order chi connectivity index (χ0) is 17.7. The first-order chi connectivity index (χ1) is 11.3. The smallest absolute Gasteiger partial charge is 0.315 e. The summed E-state index contributed by atoms with van der Waals surface area (Å²) in [4.78, 5) is 16.0. The lowest BCUT2D eigenvalue weighted by Crippen LogP contribution is -2.43. The van der Waals surface area contributed by atoms with E-state index in [0.29, 0.717) is 11.8 Å². The molecule has 0 aliphatic carbocycles. The van der Waals surface area contributed by atoms with Crippen LogP contribution in [0.25, 0.3) is 0 Å². The molecule has 0 fully saturated rings. The van der Waals surface area contributed by atoms with E-state index in [-0.39, 0.29) is 18.7 Å². The number of urea groups is 1. The summed E-state index contributed by atoms with van der Waals surface area (Å²) in [5.74, 6) is -1.60. The molecule has 3 N–H and O–H groups in total. The van der Waals surface area contributed by atoms with Gasteiger partial charge in [-0.3, -0.25) is 4.98 Å². The van der Waals surface area contributed by atoms with Gasteiger partial charge in [0.15, 0.2) is 0 Å². The quantitative estimate of drug-likeness (QED) is 0.785. The molecule has 0 aliphatic heterocycles. The number of rotatable bonds is 5. The van der Waals surface area contributed by atoms with E-state index in [9.17, 15) is 18.7 Å². The minimum Gasteiger partial charge on any atom is -0.383 e. The predicted octanol–water partition coefficient (Wildman–Crippen LogP) is 2.38. The van der Waals surface area contributed by atoms with Crippen molar-refractivity contribution >= 4 is 6.03 Å². The molecule has 1 heterocycles. The van der Waals surface area contributed by atoms with Crippen molar-refractivity contribution in [3.05, 3.63) is 65.0 Å². The zero-order valence-corrected chi connectivity index (χ0v) is 13.4. The van der Waals surface area contributed by atoms with Gasteiger partial charge in [-0.25, -0.2) is 13.6 Å². The minimum atomic E-state index is -1.67. The molecule has 0 saturated carbocycles. The number of aromatic nitrogens is 1. The predicted molar refractivity (Wildman–Crippen MR) is 85.1 cm³/mol. The van der Waals surface area contributed by atoms with Crippen molar-refractivity contribution in [2.24, 2.45) is 0 Å². The SMILES string of the molecule is Cc1cccc(CNC(=O)NCC(C)(O)c2ccc(F)cc2F)n1. The highest BCUT2D eigenvalue weighted by Crippen LogP contribution is 2.23. The monoisotopic (exact) mass is 335 g/mol. The van der Waals surface area contributed by atoms with Crippen molar-refractivity contribution in [2.45, 2.75) is 26.0 Å². The Bertz CT molecular complexity index is 736. The minimum absolute atomic E-state index is 0.0930. The molecule has 0 spiro atoms. The van der Waals surface area contributed by atoms with Gasteiger partial charge in [0, 0.05) is 17.3 Å². The molecule has 5 nitrogen and oxygen atoms in total. The summed E-state index contributed by atoms with van der Waals surface area (Å²) in [6, 6.07) is 7.82. The molecule has 1 atom stereocenters. The van der Waals surface area contributed by atoms with Gasteiger partial charge < -0.3 is 15.7 Å². The van der Waals surface area contributed by atoms with E-state index < -0.39 is 23.3 Å². The number of benzene rings is 1. The van der Waals surface area contributed by atoms with E-state index in [1.807, 2.05) is 19.1 Å². The first kappa shape index (κ1) is 17.8. The number of carbonyl (C=O) groups excluding carboxylic acids is 1. The fourth-order valence-electron chi connectivity index (χ4n) is 2.21. The Labute approximate surface area is 138 Å². The van der Waals surface area contributed by atoms with Crippen LogP contribution < -0.4 is 10.6 Å². The highest BCUT2D eigenvalue weighted by molar-refractivity contribution is 5.73. The fraction of sp³-hybridized carbons (Fsp3) is 0.294. The molecule has 7 heteroatoms. The number of pyridine rings is 1. The second-order valence-electron chi connectivity index (χ2n) is 5.70. The molecule has 24 heavy (non-hydrogen) atoms. The molecule has 0 aliphatic rings. The lowest BCUT2D eigenvalue weighted by atomic mass is 9.95. The van der Waals surface area contributed by atoms with E-state index in [4.69, 9.17) is 0 Å². The van der Waals surface area contributed by atoms with Crippen LogP contribution >= 0.6 is 0 Å². The van der Waals surface area contributed by atoms with E-state index in [1.54, 1.807) is 6.07 Å². The molecule has 2 rings (SSSR count). The molecule has 2 amide bonds. The number of nitrogens with one attached hydrogen (secondary N) is 2. The lowest BCUT2D eigenvalue weighted by Gasteiger charge is -2.24. The van der Waals surface area contributed by atoms with Crippen molar-refractivity contribution in [3.8, 4) is 0 Å². The van der Waals surface area contributed by atoms with Gasteiger partial charge in [0.1, 0.15) is 17.2 Å². The van der Waals surface area contributed by atoms with Crippen LogP contribution in [0, 0.1) is 18.6 Å². The standard InChI is InChI=1S/C17H19F2N3O2/c1-11-4-3-5-13(22-11)9-20-16(23)21-10-17(2,24)14-7-6-12(18)8-15(14)19/h3-8,24H,9-10H2,1-2H3,(H2,20,21,23). The Balaban J connectivity index is 1.90. The highest BCUT2D eigenvalue weighted by Gasteiger charge is 2.27. The normalized spacial score (nSPS) is 13.2. The maximum Gasteiger partial charge on any atom is 0.315 e. The summed E-state index contributed by atoms with van der Waals surface area (Å²) in [7, 11) is 0. The van der Waals surface area contributed by atoms with E-state index in [0.717, 1.165) is 17.8 Å². The molecular formula is C17H19F2N3O2. The molecule has 1 unspecified atom stereocenters. The lowest BCUT2D eigenvalue weighted by molar-refractivity contribution is 0.0555. The molecule has 0 radical (unpaired) electrons. The van der Waals surface area contributed by atoms with Crippen LogP contribution in [0.4, 0.5) is 13.6 Å². The average Bonchev–Trinajstić information content (AvgIpc) is 2.51. The number of nitrogens with zero attached hydrogens (tertiary/aromatic N) is 1. The van der Waals surface area contributed by atoms with Crippen LogP contribution in [0.15, 0.2) is 36.4 Å². The Hall–Kier alpha value is -2.54. The van der Waals surface area contributed by atoms with Crippen molar-refractivity contribution < 1.29 is 18.7 Å². The second kappa shape index (κ2) is 7.35. The number of halogens is 2. The van der Waals surface area contributed by atoms with Crippen LogP contribution in [0.2, 0.25) is 0 Å². The zero-order valence-electron chi connectivity index (χ0n) is 13.4. The van der Waals surface area contributed by atoms with Crippen LogP contribution in [0.1, 0.15) is 23.9 Å². The van der Waals surface area contributed by atoms with Crippen molar-refractivity contribution in [1.82, 2.24) is 15.6 Å². The van der Waals surface area contributed by atoms with Gasteiger partial charge in [0.2, 0.25) is 0 Å². The summed E-state index contributed by atoms with van der Waals surface area (Å²) >= 11 is 0. The topological polar surface area (TPSA) is 74.2 Å². The summed E-state index contributed by atoms with van der Waals surface area (Å²) < 4.78 is 26.7. The summed E-state index contributed by atoms with van der Waals surface area (Å²) in [5, 5.41) is 15.4. The third-order valence-electron chi connectivity index (χ3n) is 3.48. The summed E-state index contributed by atoms with van der Waals surface area (Å²) in [6.45, 7) is 3.17. The number of hydrogen-bond acceptors (Lipinski definition) is 3. The molecule has 1 aromatic heterocycles. The van der Waals surface area contributed by atoms with Crippen LogP contribution in [0.3, 0.4) is 0 Å². The van der Waals surface area contributed by atoms with Gasteiger partial charge in [-0.05, 0) is 32.0 Å². The molecule has 128 valence electrons. The van der Waals surface area contributed by atoms with Crippen LogP contribution in [-0.2, 0) is 12.1 Å². The summed E-state index contributed by atoms with van der Waals surface area (Å²) in [5.41, 5.74) is -0.230. The molecule has 1 aromatic carbocycles. The van der Waals surface area contributed by atoms with Gasteiger partial charge in [-0.2, -0.15) is 0 Å². The Morgan fingerprint density at radius 1 is 1.25 bits per heavy atom. The first-order valence-electron chi connectivity index (χ1n) is 7.40. The van der Waals surface area contributed by atoms with Crippen molar-refractivity contribution in [1.29, 1.82) is 0 Å². The molecule has 2 aromatic rings. The van der Waals surface area contributed by atoms with E-state index in [1.165, 1.54) is 6.92 Å². The molecule has 0 bridgehead atoms. The highest BCUT2D eigenvalue weighted by atomic mass is 19.1. The summed E-state index contributed by atoms with van der Waals surface area (Å²) in [6.07, 6.45) is 0. The number of aliphatic hydroxyl groups is 1. The van der Waals surface area contributed by atoms with E-state index >= 15 is 0 Å². The number of hydrogen-bond donors (Lipinski definition) is 3. The largest absolute Gasteiger partial charge is 0.383 e. The van der Waals surface area contributed by atoms with Gasteiger partial charge in [-0.15, -0.1) is 0 Å². The van der Waals surface area contributed by atoms with E-state index in [2.05, 4.69) is 15.6 Å². The van der Waals surface area contributed by atoms with Crippen molar-refractivity contribution in [2.75, 3.05) is 6.54 Å². The van der Waals surface area contributed by atoms with Gasteiger partial charge in [0.05, 0.1) is 18.8 Å². The molecular weight excluding hydrogens is 316 g/mol. The maximum atomic E-state index is 13.7. The maximum absolute atomic E-state index is 13.7. The Kier molecular flexibility index (Phi) is 5.46. The first-order valence-corrected chi connectivity index (χ1v) is 7.40. The number of aryl methyl sites for hydroxylation is 1. The van der Waals surface area contributed by atoms with Crippen LogP contribution in [-0.4, -0.2) is 22.7 Å². The van der Waals surface area contributed by atoms with Crippen molar-refractivity contribution in [3.63, 3.8) is 0 Å². The van der Waals surface area contributed by atoms with Crippen LogP contribution in [0.5, 0.6) is 0 Å². The van der Waals surface area contributed by atoms with Gasteiger partial charge in [-0.1, -0.05) is 12.1 Å². The fourth-order valence-corrected chi connectivity index (χ4v) is 2.21. The van der Waals surface area contributed by atoms with Gasteiger partial charge in [0.25, 0.3) is 0 Å². The average molecular weight is 335 g/mol. The number of amides is 2. The third-order valence-corrected chi connectivity index (χ3v) is 3.48. The Morgan fingerprint density at radius 2 is 2.00 bits per heavy atom. The molecule has 0 saturated heterocycles. The Morgan fingerprint density at radius 3 is 2.67 bits per heavy atom. The second-order valence-corrected chi connectivity index (χ2v) is 5.70. The number of carbonyl (C=O) groups is 1. The third kappa shape index (κ3) is 4.73. The van der Waals surface area contributed by atoms with Gasteiger partial charge >= 0.3 is 6.03 Å².